The molecule has 0 aliphatic carbocycles. The summed E-state index contributed by atoms with van der Waals surface area (Å²) in [6, 6.07) is 0. The zero-order valence-corrected chi connectivity index (χ0v) is 11.9. The molecule has 8 nitrogen and oxygen atoms in total. The van der Waals surface area contributed by atoms with Gasteiger partial charge in [0, 0.05) is 19.6 Å². The first-order chi connectivity index (χ1) is 10.1. The van der Waals surface area contributed by atoms with E-state index in [1.165, 1.54) is 0 Å². The third-order valence-corrected chi connectivity index (χ3v) is 3.63. The minimum atomic E-state index is -1.16. The molecule has 122 valence electrons. The van der Waals surface area contributed by atoms with Crippen LogP contribution in [-0.4, -0.2) is 73.1 Å². The van der Waals surface area contributed by atoms with Crippen LogP contribution >= 0.6 is 0 Å². The summed E-state index contributed by atoms with van der Waals surface area (Å²) in [5, 5.41) is 22.8. The van der Waals surface area contributed by atoms with Crippen molar-refractivity contribution >= 4 is 5.91 Å². The summed E-state index contributed by atoms with van der Waals surface area (Å²) in [6.45, 7) is 1.44. The van der Waals surface area contributed by atoms with Crippen molar-refractivity contribution < 1.29 is 29.2 Å². The van der Waals surface area contributed by atoms with E-state index in [1.54, 1.807) is 0 Å². The zero-order chi connectivity index (χ0) is 15.2. The lowest BCUT2D eigenvalue weighted by Gasteiger charge is -2.41. The second-order valence-corrected chi connectivity index (χ2v) is 5.28. The number of ether oxygens (including phenoxy) is 3. The Bertz CT molecular complexity index is 341. The third-order valence-electron chi connectivity index (χ3n) is 3.63. The Kier molecular flexibility index (Phi) is 6.34. The van der Waals surface area contributed by atoms with E-state index in [0.717, 1.165) is 0 Å². The van der Waals surface area contributed by atoms with Crippen molar-refractivity contribution in [1.82, 2.24) is 5.32 Å². The van der Waals surface area contributed by atoms with Gasteiger partial charge < -0.3 is 35.5 Å². The molecule has 0 aromatic heterocycles. The lowest BCUT2D eigenvalue weighted by Crippen LogP contribution is -2.61. The topological polar surface area (TPSA) is 123 Å². The normalized spacial score (nSPS) is 36.6. The van der Waals surface area contributed by atoms with Gasteiger partial charge in [-0.2, -0.15) is 0 Å². The number of hydrogen-bond donors (Lipinski definition) is 4. The Balaban J connectivity index is 1.93. The van der Waals surface area contributed by atoms with E-state index in [0.29, 0.717) is 39.0 Å². The van der Waals surface area contributed by atoms with Crippen LogP contribution in [0.4, 0.5) is 0 Å². The Morgan fingerprint density at radius 2 is 2.00 bits per heavy atom. The van der Waals surface area contributed by atoms with Gasteiger partial charge in [-0.05, 0) is 19.4 Å². The lowest BCUT2D eigenvalue weighted by atomic mass is 9.98. The van der Waals surface area contributed by atoms with Gasteiger partial charge in [0.25, 0.3) is 0 Å². The van der Waals surface area contributed by atoms with Crippen molar-refractivity contribution in [1.29, 1.82) is 0 Å². The Hall–Kier alpha value is -0.770. The van der Waals surface area contributed by atoms with E-state index in [9.17, 15) is 15.0 Å². The fourth-order valence-electron chi connectivity index (χ4n) is 2.46. The second-order valence-electron chi connectivity index (χ2n) is 5.28. The van der Waals surface area contributed by atoms with Crippen molar-refractivity contribution in [2.45, 2.75) is 50.0 Å². The summed E-state index contributed by atoms with van der Waals surface area (Å²) in [7, 11) is 0. The number of rotatable bonds is 5. The Labute approximate surface area is 123 Å². The predicted molar refractivity (Wildman–Crippen MR) is 72.3 cm³/mol. The van der Waals surface area contributed by atoms with Crippen LogP contribution in [0.5, 0.6) is 0 Å². The van der Waals surface area contributed by atoms with Gasteiger partial charge in [0.1, 0.15) is 24.4 Å². The molecule has 0 aromatic carbocycles. The van der Waals surface area contributed by atoms with E-state index in [-0.39, 0.29) is 12.5 Å². The van der Waals surface area contributed by atoms with Gasteiger partial charge >= 0.3 is 0 Å². The zero-order valence-electron chi connectivity index (χ0n) is 11.9. The maximum Gasteiger partial charge on any atom is 0.220 e. The lowest BCUT2D eigenvalue weighted by molar-refractivity contribution is -0.292. The molecule has 3 aliphatic rings. The summed E-state index contributed by atoms with van der Waals surface area (Å²) in [5.74, 6) is -0.129. The van der Waals surface area contributed by atoms with Crippen LogP contribution in [-0.2, 0) is 19.0 Å². The highest BCUT2D eigenvalue weighted by Crippen LogP contribution is 2.25. The molecule has 3 rings (SSSR count). The van der Waals surface area contributed by atoms with Gasteiger partial charge in [0.2, 0.25) is 5.91 Å². The van der Waals surface area contributed by atoms with Gasteiger partial charge in [0.15, 0.2) is 6.29 Å². The number of carbonyl (C=O) groups is 1. The molecule has 3 aliphatic heterocycles. The first-order valence-electron chi connectivity index (χ1n) is 7.35. The van der Waals surface area contributed by atoms with Gasteiger partial charge in [-0.3, -0.25) is 4.79 Å². The van der Waals surface area contributed by atoms with Crippen LogP contribution in [0.1, 0.15) is 19.3 Å². The number of nitrogens with two attached hydrogens (primary N) is 1. The fourth-order valence-corrected chi connectivity index (χ4v) is 2.46. The summed E-state index contributed by atoms with van der Waals surface area (Å²) >= 11 is 0. The molecule has 2 bridgehead atoms. The molecule has 0 aromatic rings. The largest absolute Gasteiger partial charge is 0.387 e. The molecule has 5 atom stereocenters. The SMILES string of the molecule is NCCCC(=O)NCC1OC2OCCCOC1C(O)C2O. The molecular weight excluding hydrogens is 280 g/mol. The molecular formula is C13H24N2O6. The first-order valence-corrected chi connectivity index (χ1v) is 7.35. The molecule has 0 spiro atoms. The van der Waals surface area contributed by atoms with Crippen LogP contribution in [0.15, 0.2) is 0 Å². The smallest absolute Gasteiger partial charge is 0.220 e. The van der Waals surface area contributed by atoms with E-state index < -0.39 is 30.7 Å². The average Bonchev–Trinajstić information content (AvgIpc) is 2.62. The summed E-state index contributed by atoms with van der Waals surface area (Å²) < 4.78 is 16.6. The summed E-state index contributed by atoms with van der Waals surface area (Å²) in [4.78, 5) is 11.6. The maximum absolute atomic E-state index is 11.6. The standard InChI is InChI=1S/C13H24N2O6/c14-4-1-3-9(16)15-7-8-12-10(17)11(18)13(21-8)20-6-2-5-19-12/h8,10-13,17-18H,1-7,14H2,(H,15,16). The van der Waals surface area contributed by atoms with E-state index in [2.05, 4.69) is 5.32 Å². The van der Waals surface area contributed by atoms with Crippen LogP contribution < -0.4 is 11.1 Å². The van der Waals surface area contributed by atoms with Gasteiger partial charge in [-0.25, -0.2) is 0 Å². The molecule has 8 heteroatoms. The number of aliphatic hydroxyl groups excluding tert-OH is 2. The van der Waals surface area contributed by atoms with Gasteiger partial charge in [0.05, 0.1) is 6.61 Å². The molecule has 5 unspecified atom stereocenters. The van der Waals surface area contributed by atoms with E-state index >= 15 is 0 Å². The van der Waals surface area contributed by atoms with Crippen molar-refractivity contribution in [2.75, 3.05) is 26.3 Å². The molecule has 5 N–H and O–H groups in total. The predicted octanol–water partition coefficient (Wildman–Crippen LogP) is -1.91. The number of hydrogen-bond acceptors (Lipinski definition) is 7. The van der Waals surface area contributed by atoms with Gasteiger partial charge in [-0.15, -0.1) is 0 Å². The van der Waals surface area contributed by atoms with Gasteiger partial charge in [-0.1, -0.05) is 0 Å². The molecule has 0 radical (unpaired) electrons. The second kappa shape index (κ2) is 8.02. The molecule has 0 saturated carbocycles. The maximum atomic E-state index is 11.6. The highest BCUT2D eigenvalue weighted by Gasteiger charge is 2.46. The number of nitrogens with one attached hydrogen (secondary N) is 1. The van der Waals surface area contributed by atoms with Crippen LogP contribution in [0.2, 0.25) is 0 Å². The van der Waals surface area contributed by atoms with Crippen molar-refractivity contribution in [3.8, 4) is 0 Å². The average molecular weight is 304 g/mol. The molecule has 3 fully saturated rings. The first kappa shape index (κ1) is 16.6. The van der Waals surface area contributed by atoms with Crippen LogP contribution in [0.3, 0.4) is 0 Å². The van der Waals surface area contributed by atoms with Crippen molar-refractivity contribution in [3.05, 3.63) is 0 Å². The van der Waals surface area contributed by atoms with Crippen LogP contribution in [0, 0.1) is 0 Å². The quantitative estimate of drug-likeness (QED) is 0.467. The Morgan fingerprint density at radius 3 is 2.76 bits per heavy atom. The minimum absolute atomic E-state index is 0.129. The monoisotopic (exact) mass is 304 g/mol. The van der Waals surface area contributed by atoms with Crippen molar-refractivity contribution in [3.63, 3.8) is 0 Å². The summed E-state index contributed by atoms with van der Waals surface area (Å²) in [5.41, 5.74) is 5.35. The van der Waals surface area contributed by atoms with E-state index in [4.69, 9.17) is 19.9 Å². The molecule has 1 amide bonds. The minimum Gasteiger partial charge on any atom is -0.387 e. The molecule has 21 heavy (non-hydrogen) atoms. The number of aliphatic hydroxyl groups is 2. The summed E-state index contributed by atoms with van der Waals surface area (Å²) in [6.07, 6.45) is -2.79. The van der Waals surface area contributed by atoms with Crippen LogP contribution in [0.25, 0.3) is 0 Å². The number of amides is 1. The third kappa shape index (κ3) is 4.35. The van der Waals surface area contributed by atoms with Crippen molar-refractivity contribution in [2.24, 2.45) is 5.73 Å². The highest BCUT2D eigenvalue weighted by molar-refractivity contribution is 5.75. The van der Waals surface area contributed by atoms with E-state index in [1.807, 2.05) is 0 Å². The Morgan fingerprint density at radius 1 is 1.24 bits per heavy atom. The molecule has 3 heterocycles. The highest BCUT2D eigenvalue weighted by atomic mass is 16.7. The molecule has 3 saturated heterocycles. The number of fused-ring (bicyclic) bond motifs is 6. The number of carbonyl (C=O) groups excluding carboxylic acids is 1. The fraction of sp³-hybridized carbons (Fsp3) is 0.923.